The molecule has 0 radical (unpaired) electrons. The number of hydrogen-bond acceptors (Lipinski definition) is 4. The molecule has 0 saturated carbocycles. The molecule has 1 amide bonds. The molecule has 3 aromatic carbocycles. The van der Waals surface area contributed by atoms with Crippen molar-refractivity contribution in [3.8, 4) is 5.69 Å². The lowest BCUT2D eigenvalue weighted by molar-refractivity contribution is -0.137. The standard InChI is InChI=1S/C29H25ClF4N4O3S/c1-18-8-11-23(12-9-18)42(40,41)37(22-10-13-25(30)24(15-22)29(32,33)34)17-28(39)36-35-16-21-14-19(2)38(20(21)3)27-7-5-4-6-26(27)31/h4-16H,17H2,1-3H3,(H,36,39)/b35-16-. The first-order valence-electron chi connectivity index (χ1n) is 12.4. The second kappa shape index (κ2) is 12.0. The molecule has 0 unspecified atom stereocenters. The third-order valence-corrected chi connectivity index (χ3v) is 8.51. The zero-order valence-electron chi connectivity index (χ0n) is 22.6. The summed E-state index contributed by atoms with van der Waals surface area (Å²) in [5.41, 5.74) is 3.51. The SMILES string of the molecule is Cc1ccc(S(=O)(=O)N(CC(=O)N/N=C\c2cc(C)n(-c3ccccc3F)c2C)c2ccc(Cl)c(C(F)(F)F)c2)cc1. The first-order chi connectivity index (χ1) is 19.7. The second-order valence-corrected chi connectivity index (χ2v) is 11.7. The molecule has 4 rings (SSSR count). The summed E-state index contributed by atoms with van der Waals surface area (Å²) in [5.74, 6) is -1.35. The van der Waals surface area contributed by atoms with Crippen molar-refractivity contribution in [3.05, 3.63) is 112 Å². The highest BCUT2D eigenvalue weighted by atomic mass is 35.5. The molecule has 0 atom stereocenters. The van der Waals surface area contributed by atoms with Crippen LogP contribution in [0.3, 0.4) is 0 Å². The van der Waals surface area contributed by atoms with E-state index < -0.39 is 50.7 Å². The molecule has 1 heterocycles. The van der Waals surface area contributed by atoms with Gasteiger partial charge in [0, 0.05) is 17.0 Å². The van der Waals surface area contributed by atoms with E-state index in [2.05, 4.69) is 10.5 Å². The largest absolute Gasteiger partial charge is 0.417 e. The normalized spacial score (nSPS) is 12.1. The van der Waals surface area contributed by atoms with Gasteiger partial charge in [0.1, 0.15) is 12.4 Å². The molecule has 0 bridgehead atoms. The number of nitrogens with zero attached hydrogens (tertiary/aromatic N) is 3. The van der Waals surface area contributed by atoms with Crippen molar-refractivity contribution >= 4 is 39.4 Å². The molecule has 0 aliphatic heterocycles. The van der Waals surface area contributed by atoms with Crippen molar-refractivity contribution in [2.24, 2.45) is 5.10 Å². The summed E-state index contributed by atoms with van der Waals surface area (Å²) < 4.78 is 84.4. The Labute approximate surface area is 245 Å². The summed E-state index contributed by atoms with van der Waals surface area (Å²) in [6.45, 7) is 4.35. The van der Waals surface area contributed by atoms with Gasteiger partial charge in [-0.05, 0) is 69.3 Å². The van der Waals surface area contributed by atoms with Crippen LogP contribution in [0.2, 0.25) is 5.02 Å². The lowest BCUT2D eigenvalue weighted by atomic mass is 10.2. The van der Waals surface area contributed by atoms with Crippen molar-refractivity contribution in [2.75, 3.05) is 10.8 Å². The van der Waals surface area contributed by atoms with Gasteiger partial charge in [-0.15, -0.1) is 0 Å². The molecule has 0 aliphatic rings. The van der Waals surface area contributed by atoms with Crippen LogP contribution in [-0.2, 0) is 21.0 Å². The highest BCUT2D eigenvalue weighted by molar-refractivity contribution is 7.92. The predicted octanol–water partition coefficient (Wildman–Crippen LogP) is 6.56. The van der Waals surface area contributed by atoms with Crippen molar-refractivity contribution in [2.45, 2.75) is 31.8 Å². The highest BCUT2D eigenvalue weighted by Gasteiger charge is 2.35. The Morgan fingerprint density at radius 3 is 2.33 bits per heavy atom. The number of halogens is 5. The van der Waals surface area contributed by atoms with Gasteiger partial charge in [-0.25, -0.2) is 18.2 Å². The van der Waals surface area contributed by atoms with Gasteiger partial charge < -0.3 is 4.57 Å². The molecule has 13 heteroatoms. The minimum absolute atomic E-state index is 0.228. The zero-order chi connectivity index (χ0) is 30.8. The predicted molar refractivity (Wildman–Crippen MR) is 153 cm³/mol. The third-order valence-electron chi connectivity index (χ3n) is 6.40. The van der Waals surface area contributed by atoms with Gasteiger partial charge in [-0.3, -0.25) is 9.10 Å². The van der Waals surface area contributed by atoms with Crippen LogP contribution in [0.1, 0.15) is 28.1 Å². The van der Waals surface area contributed by atoms with Crippen LogP contribution >= 0.6 is 11.6 Å². The number of benzene rings is 3. The average Bonchev–Trinajstić information content (AvgIpc) is 3.20. The number of carbonyl (C=O) groups is 1. The molecule has 0 fully saturated rings. The fraction of sp³-hybridized carbons (Fsp3) is 0.172. The maximum Gasteiger partial charge on any atom is 0.417 e. The van der Waals surface area contributed by atoms with Gasteiger partial charge >= 0.3 is 6.18 Å². The smallest absolute Gasteiger partial charge is 0.315 e. The van der Waals surface area contributed by atoms with E-state index in [1.165, 1.54) is 36.5 Å². The Kier molecular flexibility index (Phi) is 8.79. The number of hydrazone groups is 1. The van der Waals surface area contributed by atoms with E-state index in [0.29, 0.717) is 33.0 Å². The van der Waals surface area contributed by atoms with Gasteiger partial charge in [-0.2, -0.15) is 18.3 Å². The number of hydrogen-bond donors (Lipinski definition) is 1. The van der Waals surface area contributed by atoms with Crippen LogP contribution in [-0.4, -0.2) is 31.7 Å². The molecular formula is C29H25ClF4N4O3S. The average molecular weight is 621 g/mol. The summed E-state index contributed by atoms with van der Waals surface area (Å²) in [5, 5.41) is 3.28. The summed E-state index contributed by atoms with van der Waals surface area (Å²) in [4.78, 5) is 12.7. The molecule has 42 heavy (non-hydrogen) atoms. The topological polar surface area (TPSA) is 83.8 Å². The van der Waals surface area contributed by atoms with E-state index >= 15 is 0 Å². The van der Waals surface area contributed by atoms with Gasteiger partial charge in [0.15, 0.2) is 0 Å². The molecule has 1 N–H and O–H groups in total. The highest BCUT2D eigenvalue weighted by Crippen LogP contribution is 2.38. The number of carbonyl (C=O) groups excluding carboxylic acids is 1. The van der Waals surface area contributed by atoms with E-state index in [9.17, 15) is 30.8 Å². The van der Waals surface area contributed by atoms with Crippen LogP contribution in [0.15, 0.2) is 82.8 Å². The summed E-state index contributed by atoms with van der Waals surface area (Å²) >= 11 is 5.73. The second-order valence-electron chi connectivity index (χ2n) is 9.39. The van der Waals surface area contributed by atoms with Crippen molar-refractivity contribution in [1.29, 1.82) is 0 Å². The monoisotopic (exact) mass is 620 g/mol. The maximum absolute atomic E-state index is 14.4. The fourth-order valence-electron chi connectivity index (χ4n) is 4.30. The number of para-hydroxylation sites is 1. The van der Waals surface area contributed by atoms with Crippen LogP contribution in [0.25, 0.3) is 5.69 Å². The van der Waals surface area contributed by atoms with Crippen LogP contribution in [0.4, 0.5) is 23.2 Å². The molecule has 0 spiro atoms. The fourth-order valence-corrected chi connectivity index (χ4v) is 5.94. The number of nitrogens with one attached hydrogen (secondary N) is 1. The lowest BCUT2D eigenvalue weighted by Crippen LogP contribution is -2.39. The van der Waals surface area contributed by atoms with Crippen molar-refractivity contribution in [1.82, 2.24) is 9.99 Å². The number of aromatic nitrogens is 1. The molecule has 7 nitrogen and oxygen atoms in total. The Morgan fingerprint density at radius 2 is 1.69 bits per heavy atom. The van der Waals surface area contributed by atoms with Gasteiger partial charge in [-0.1, -0.05) is 41.4 Å². The van der Waals surface area contributed by atoms with E-state index in [4.69, 9.17) is 11.6 Å². The number of anilines is 1. The summed E-state index contributed by atoms with van der Waals surface area (Å²) in [7, 11) is -4.49. The van der Waals surface area contributed by atoms with Crippen LogP contribution < -0.4 is 9.73 Å². The van der Waals surface area contributed by atoms with Crippen molar-refractivity contribution < 1.29 is 30.8 Å². The minimum Gasteiger partial charge on any atom is -0.315 e. The molecule has 220 valence electrons. The Balaban J connectivity index is 1.63. The van der Waals surface area contributed by atoms with E-state index in [-0.39, 0.29) is 4.90 Å². The van der Waals surface area contributed by atoms with Gasteiger partial charge in [0.25, 0.3) is 15.9 Å². The quantitative estimate of drug-likeness (QED) is 0.138. The zero-order valence-corrected chi connectivity index (χ0v) is 24.1. The lowest BCUT2D eigenvalue weighted by Gasteiger charge is -2.25. The number of sulfonamides is 1. The molecular weight excluding hydrogens is 596 g/mol. The van der Waals surface area contributed by atoms with E-state index in [1.807, 2.05) is 0 Å². The number of aryl methyl sites for hydroxylation is 2. The first-order valence-corrected chi connectivity index (χ1v) is 14.2. The van der Waals surface area contributed by atoms with Gasteiger partial charge in [0.05, 0.1) is 33.1 Å². The minimum atomic E-state index is -4.87. The Morgan fingerprint density at radius 1 is 1.02 bits per heavy atom. The molecule has 0 aliphatic carbocycles. The summed E-state index contributed by atoms with van der Waals surface area (Å²) in [6, 6.07) is 16.1. The summed E-state index contributed by atoms with van der Waals surface area (Å²) in [6.07, 6.45) is -3.56. The van der Waals surface area contributed by atoms with E-state index in [1.54, 1.807) is 49.6 Å². The number of amides is 1. The van der Waals surface area contributed by atoms with Crippen LogP contribution in [0.5, 0.6) is 0 Å². The van der Waals surface area contributed by atoms with Crippen LogP contribution in [0, 0.1) is 26.6 Å². The Hall–Kier alpha value is -4.16. The molecule has 1 aromatic heterocycles. The van der Waals surface area contributed by atoms with E-state index in [0.717, 1.165) is 17.7 Å². The number of rotatable bonds is 8. The third kappa shape index (κ3) is 6.50. The van der Waals surface area contributed by atoms with Gasteiger partial charge in [0.2, 0.25) is 0 Å². The Bertz CT molecular complexity index is 1770. The molecule has 0 saturated heterocycles. The molecule has 4 aromatic rings. The maximum atomic E-state index is 14.4. The van der Waals surface area contributed by atoms with Crippen molar-refractivity contribution in [3.63, 3.8) is 0 Å². The first kappa shape index (κ1) is 30.8. The number of alkyl halides is 3.